The van der Waals surface area contributed by atoms with Crippen molar-refractivity contribution < 1.29 is 0 Å². The lowest BCUT2D eigenvalue weighted by atomic mass is 10.1. The van der Waals surface area contributed by atoms with Crippen molar-refractivity contribution in [3.8, 4) is 17.2 Å². The minimum Gasteiger partial charge on any atom is -0.399 e. The van der Waals surface area contributed by atoms with Crippen LogP contribution in [0, 0.1) is 11.3 Å². The minimum atomic E-state index is 0.434. The largest absolute Gasteiger partial charge is 0.399 e. The van der Waals surface area contributed by atoms with Crippen LogP contribution < -0.4 is 21.7 Å². The predicted octanol–water partition coefficient (Wildman–Crippen LogP) is 4.21. The minimum absolute atomic E-state index is 0.434. The maximum Gasteiger partial charge on any atom is 0.227 e. The molecule has 1 aliphatic rings. The van der Waals surface area contributed by atoms with Crippen molar-refractivity contribution in [2.45, 2.75) is 18.9 Å². The number of hydrogen-bond donors (Lipinski definition) is 4. The molecule has 3 heterocycles. The van der Waals surface area contributed by atoms with Gasteiger partial charge in [0.2, 0.25) is 5.95 Å². The summed E-state index contributed by atoms with van der Waals surface area (Å²) < 4.78 is 2.05. The second-order valence-corrected chi connectivity index (χ2v) is 8.23. The van der Waals surface area contributed by atoms with E-state index in [0.29, 0.717) is 28.9 Å². The third kappa shape index (κ3) is 4.82. The highest BCUT2D eigenvalue weighted by Gasteiger charge is 2.16. The zero-order valence-electron chi connectivity index (χ0n) is 18.6. The predicted molar refractivity (Wildman–Crippen MR) is 133 cm³/mol. The third-order valence-corrected chi connectivity index (χ3v) is 5.83. The molecule has 0 amide bonds. The molecule has 2 aromatic carbocycles. The van der Waals surface area contributed by atoms with Crippen LogP contribution in [-0.2, 0) is 0 Å². The number of hydrogen-bond acceptors (Lipinski definition) is 8. The maximum absolute atomic E-state index is 9.49. The van der Waals surface area contributed by atoms with Crippen LogP contribution >= 0.6 is 0 Å². The Labute approximate surface area is 197 Å². The van der Waals surface area contributed by atoms with Gasteiger partial charge in [-0.1, -0.05) is 6.07 Å². The van der Waals surface area contributed by atoms with E-state index in [1.54, 1.807) is 18.5 Å². The lowest BCUT2D eigenvalue weighted by molar-refractivity contribution is 0.343. The van der Waals surface area contributed by atoms with Crippen molar-refractivity contribution in [2.75, 3.05) is 29.5 Å². The van der Waals surface area contributed by atoms with Crippen molar-refractivity contribution in [3.63, 3.8) is 0 Å². The van der Waals surface area contributed by atoms with E-state index in [4.69, 9.17) is 5.73 Å². The first-order valence-electron chi connectivity index (χ1n) is 11.2. The monoisotopic (exact) mass is 451 g/mol. The molecule has 0 radical (unpaired) electrons. The first-order valence-corrected chi connectivity index (χ1v) is 11.2. The van der Waals surface area contributed by atoms with E-state index >= 15 is 0 Å². The van der Waals surface area contributed by atoms with Crippen LogP contribution in [0.15, 0.2) is 67.3 Å². The molecule has 0 saturated carbocycles. The molecule has 0 aliphatic carbocycles. The molecular weight excluding hydrogens is 426 g/mol. The van der Waals surface area contributed by atoms with E-state index in [1.807, 2.05) is 47.3 Å². The first-order chi connectivity index (χ1) is 16.7. The van der Waals surface area contributed by atoms with Crippen LogP contribution in [0.5, 0.6) is 0 Å². The van der Waals surface area contributed by atoms with Crippen LogP contribution in [0.4, 0.5) is 28.7 Å². The normalized spacial score (nSPS) is 13.9. The van der Waals surface area contributed by atoms with Gasteiger partial charge >= 0.3 is 0 Å². The number of anilines is 5. The van der Waals surface area contributed by atoms with Gasteiger partial charge in [0.25, 0.3) is 0 Å². The quantitative estimate of drug-likeness (QED) is 0.321. The fourth-order valence-electron chi connectivity index (χ4n) is 4.02. The number of nitrogen functional groups attached to an aromatic ring is 1. The molecule has 0 bridgehead atoms. The second kappa shape index (κ2) is 9.60. The van der Waals surface area contributed by atoms with Gasteiger partial charge in [-0.2, -0.15) is 10.4 Å². The van der Waals surface area contributed by atoms with Crippen LogP contribution in [0.1, 0.15) is 24.4 Å². The standard InChI is InChI=1S/C25H25N9/c26-12-17-4-5-22(11-24(17)32-21-3-1-2-20(27)10-21)33-25-29-13-18(14-30-25)19-15-31-34(16-19)23-6-8-28-9-7-23/h1-5,10-11,13-16,23,28,32H,6-9,27H2,(H,29,30,33). The molecule has 0 atom stereocenters. The van der Waals surface area contributed by atoms with Gasteiger partial charge in [0.15, 0.2) is 0 Å². The van der Waals surface area contributed by atoms with Crippen molar-refractivity contribution in [1.82, 2.24) is 25.1 Å². The molecule has 1 saturated heterocycles. The van der Waals surface area contributed by atoms with Crippen LogP contribution in [0.2, 0.25) is 0 Å². The van der Waals surface area contributed by atoms with Gasteiger partial charge in [-0.25, -0.2) is 9.97 Å². The first kappa shape index (κ1) is 21.4. The van der Waals surface area contributed by atoms with Gasteiger partial charge in [-0.15, -0.1) is 0 Å². The Morgan fingerprint density at radius 2 is 1.76 bits per heavy atom. The molecule has 4 aromatic rings. The zero-order chi connectivity index (χ0) is 23.3. The molecule has 170 valence electrons. The number of nitriles is 1. The summed E-state index contributed by atoms with van der Waals surface area (Å²) in [4.78, 5) is 8.94. The number of nitrogens with two attached hydrogens (primary N) is 1. The highest BCUT2D eigenvalue weighted by Crippen LogP contribution is 2.27. The number of aromatic nitrogens is 4. The highest BCUT2D eigenvalue weighted by atomic mass is 15.3. The summed E-state index contributed by atoms with van der Waals surface area (Å²) in [6, 6.07) is 15.4. The molecule has 5 rings (SSSR count). The smallest absolute Gasteiger partial charge is 0.227 e. The van der Waals surface area contributed by atoms with Crippen molar-refractivity contribution >= 4 is 28.7 Å². The Morgan fingerprint density at radius 1 is 0.971 bits per heavy atom. The Morgan fingerprint density at radius 3 is 2.53 bits per heavy atom. The van der Waals surface area contributed by atoms with Crippen molar-refractivity contribution in [3.05, 3.63) is 72.8 Å². The molecule has 2 aromatic heterocycles. The number of nitrogens with zero attached hydrogens (tertiary/aromatic N) is 5. The lowest BCUT2D eigenvalue weighted by Gasteiger charge is -2.22. The Bertz CT molecular complexity index is 1310. The van der Waals surface area contributed by atoms with Gasteiger partial charge in [-0.05, 0) is 62.3 Å². The van der Waals surface area contributed by atoms with Crippen molar-refractivity contribution in [2.24, 2.45) is 0 Å². The molecule has 0 spiro atoms. The molecule has 0 unspecified atom stereocenters. The fraction of sp³-hybridized carbons (Fsp3) is 0.200. The van der Waals surface area contributed by atoms with E-state index in [1.165, 1.54) is 0 Å². The highest BCUT2D eigenvalue weighted by molar-refractivity contribution is 5.73. The van der Waals surface area contributed by atoms with Crippen LogP contribution in [-0.4, -0.2) is 32.8 Å². The molecule has 34 heavy (non-hydrogen) atoms. The number of rotatable bonds is 6. The van der Waals surface area contributed by atoms with Gasteiger partial charge in [0, 0.05) is 46.8 Å². The summed E-state index contributed by atoms with van der Waals surface area (Å²) in [6.07, 6.45) is 9.67. The van der Waals surface area contributed by atoms with E-state index in [0.717, 1.165) is 48.4 Å². The van der Waals surface area contributed by atoms with E-state index in [-0.39, 0.29) is 0 Å². The molecule has 1 fully saturated rings. The zero-order valence-corrected chi connectivity index (χ0v) is 18.6. The van der Waals surface area contributed by atoms with Gasteiger partial charge < -0.3 is 21.7 Å². The summed E-state index contributed by atoms with van der Waals surface area (Å²) in [5, 5.41) is 23.9. The maximum atomic E-state index is 9.49. The molecule has 1 aliphatic heterocycles. The van der Waals surface area contributed by atoms with Gasteiger partial charge in [-0.3, -0.25) is 4.68 Å². The summed E-state index contributed by atoms with van der Waals surface area (Å²) in [6.45, 7) is 2.05. The van der Waals surface area contributed by atoms with E-state index in [2.05, 4.69) is 43.3 Å². The topological polar surface area (TPSA) is 130 Å². The van der Waals surface area contributed by atoms with Crippen LogP contribution in [0.25, 0.3) is 11.1 Å². The number of benzene rings is 2. The summed E-state index contributed by atoms with van der Waals surface area (Å²) in [7, 11) is 0. The number of nitrogens with one attached hydrogen (secondary N) is 3. The van der Waals surface area contributed by atoms with Gasteiger partial charge in [0.05, 0.1) is 23.5 Å². The molecule has 9 nitrogen and oxygen atoms in total. The Balaban J connectivity index is 1.30. The third-order valence-electron chi connectivity index (χ3n) is 5.83. The fourth-order valence-corrected chi connectivity index (χ4v) is 4.02. The lowest BCUT2D eigenvalue weighted by Crippen LogP contribution is -2.29. The van der Waals surface area contributed by atoms with E-state index < -0.39 is 0 Å². The number of piperidine rings is 1. The SMILES string of the molecule is N#Cc1ccc(Nc2ncc(-c3cnn(C4CCNCC4)c3)cn2)cc1Nc1cccc(N)c1. The molecular formula is C25H25N9. The average Bonchev–Trinajstić information content (AvgIpc) is 3.36. The summed E-state index contributed by atoms with van der Waals surface area (Å²) >= 11 is 0. The average molecular weight is 452 g/mol. The second-order valence-electron chi connectivity index (χ2n) is 8.23. The Kier molecular flexibility index (Phi) is 6.05. The van der Waals surface area contributed by atoms with Crippen molar-refractivity contribution in [1.29, 1.82) is 5.26 Å². The van der Waals surface area contributed by atoms with Gasteiger partial charge in [0.1, 0.15) is 6.07 Å². The molecule has 5 N–H and O–H groups in total. The Hall–Kier alpha value is -4.42. The summed E-state index contributed by atoms with van der Waals surface area (Å²) in [5.74, 6) is 0.467. The van der Waals surface area contributed by atoms with Crippen LogP contribution in [0.3, 0.4) is 0 Å². The molecule has 9 heteroatoms. The van der Waals surface area contributed by atoms with E-state index in [9.17, 15) is 5.26 Å². The summed E-state index contributed by atoms with van der Waals surface area (Å²) in [5.41, 5.74) is 11.2.